The van der Waals surface area contributed by atoms with Gasteiger partial charge in [-0.1, -0.05) is 24.8 Å². The van der Waals surface area contributed by atoms with E-state index in [1.54, 1.807) is 61.5 Å². The van der Waals surface area contributed by atoms with Crippen LogP contribution in [-0.4, -0.2) is 22.1 Å². The lowest BCUT2D eigenvalue weighted by molar-refractivity contribution is 0.0688. The molecule has 2 aromatic carbocycles. The Balaban J connectivity index is 1.79. The van der Waals surface area contributed by atoms with Crippen LogP contribution in [0.5, 0.6) is 5.75 Å². The molecule has 7 heteroatoms. The largest absolute Gasteiger partial charge is 0.490 e. The van der Waals surface area contributed by atoms with Gasteiger partial charge in [0.15, 0.2) is 0 Å². The molecule has 3 rings (SSSR count). The van der Waals surface area contributed by atoms with Crippen LogP contribution >= 0.6 is 0 Å². The van der Waals surface area contributed by atoms with Crippen LogP contribution in [0, 0.1) is 0 Å². The molecule has 1 atom stereocenters. The SMILES string of the molecule is C=CCOc1ccc(C(=O)NC(C)c2nc3ccccc3n2C(F)F)cc1. The third-order valence-corrected chi connectivity index (χ3v) is 4.04. The number of nitrogens with one attached hydrogen (secondary N) is 1. The molecule has 1 aromatic heterocycles. The van der Waals surface area contributed by atoms with Gasteiger partial charge in [-0.15, -0.1) is 0 Å². The number of amides is 1. The highest BCUT2D eigenvalue weighted by Gasteiger charge is 2.23. The molecule has 0 spiro atoms. The minimum Gasteiger partial charge on any atom is -0.490 e. The number of hydrogen-bond donors (Lipinski definition) is 1. The lowest BCUT2D eigenvalue weighted by Gasteiger charge is -2.16. The highest BCUT2D eigenvalue weighted by atomic mass is 19.3. The highest BCUT2D eigenvalue weighted by Crippen LogP contribution is 2.26. The van der Waals surface area contributed by atoms with Gasteiger partial charge in [-0.05, 0) is 43.3 Å². The van der Waals surface area contributed by atoms with E-state index < -0.39 is 12.6 Å². The number of carbonyl (C=O) groups excluding carboxylic acids is 1. The minimum absolute atomic E-state index is 0.102. The molecule has 0 radical (unpaired) electrons. The molecule has 1 heterocycles. The molecule has 0 aliphatic rings. The van der Waals surface area contributed by atoms with E-state index in [-0.39, 0.29) is 11.7 Å². The molecular formula is C20H19F2N3O2. The minimum atomic E-state index is -2.76. The maximum absolute atomic E-state index is 13.5. The molecule has 0 saturated carbocycles. The van der Waals surface area contributed by atoms with Crippen LogP contribution in [0.1, 0.15) is 35.7 Å². The number of rotatable bonds is 7. The monoisotopic (exact) mass is 371 g/mol. The zero-order valence-electron chi connectivity index (χ0n) is 14.7. The summed E-state index contributed by atoms with van der Waals surface area (Å²) >= 11 is 0. The lowest BCUT2D eigenvalue weighted by atomic mass is 10.2. The summed E-state index contributed by atoms with van der Waals surface area (Å²) in [7, 11) is 0. The van der Waals surface area contributed by atoms with Gasteiger partial charge in [0.1, 0.15) is 18.2 Å². The van der Waals surface area contributed by atoms with Gasteiger partial charge in [0.2, 0.25) is 0 Å². The van der Waals surface area contributed by atoms with E-state index in [0.717, 1.165) is 4.57 Å². The van der Waals surface area contributed by atoms with Gasteiger partial charge in [0, 0.05) is 5.56 Å². The summed E-state index contributed by atoms with van der Waals surface area (Å²) in [6.45, 7) is 2.80. The smallest absolute Gasteiger partial charge is 0.320 e. The van der Waals surface area contributed by atoms with E-state index in [1.165, 1.54) is 0 Å². The summed E-state index contributed by atoms with van der Waals surface area (Å²) in [5, 5.41) is 2.72. The number of nitrogens with zero attached hydrogens (tertiary/aromatic N) is 2. The van der Waals surface area contributed by atoms with Crippen molar-refractivity contribution in [1.29, 1.82) is 0 Å². The molecule has 5 nitrogen and oxygen atoms in total. The Morgan fingerprint density at radius 2 is 1.96 bits per heavy atom. The first-order chi connectivity index (χ1) is 13.0. The van der Waals surface area contributed by atoms with Crippen LogP contribution in [0.4, 0.5) is 8.78 Å². The molecule has 0 aliphatic heterocycles. The zero-order valence-corrected chi connectivity index (χ0v) is 14.7. The first kappa shape index (κ1) is 18.6. The predicted octanol–water partition coefficient (Wildman–Crippen LogP) is 4.49. The molecule has 0 saturated heterocycles. The average Bonchev–Trinajstić information content (AvgIpc) is 3.06. The van der Waals surface area contributed by atoms with E-state index in [2.05, 4.69) is 16.9 Å². The highest BCUT2D eigenvalue weighted by molar-refractivity contribution is 5.94. The van der Waals surface area contributed by atoms with Crippen molar-refractivity contribution in [2.75, 3.05) is 6.61 Å². The van der Waals surface area contributed by atoms with Gasteiger partial charge >= 0.3 is 6.55 Å². The maximum Gasteiger partial charge on any atom is 0.320 e. The normalized spacial score (nSPS) is 12.1. The standard InChI is InChI=1S/C20H19F2N3O2/c1-3-12-27-15-10-8-14(9-11-15)19(26)23-13(2)18-24-16-6-4-5-7-17(16)25(18)20(21)22/h3-11,13,20H,1,12H2,2H3,(H,23,26). The summed E-state index contributed by atoms with van der Waals surface area (Å²) in [6, 6.07) is 12.5. The lowest BCUT2D eigenvalue weighted by Crippen LogP contribution is -2.28. The second-order valence-corrected chi connectivity index (χ2v) is 5.93. The first-order valence-electron chi connectivity index (χ1n) is 8.41. The van der Waals surface area contributed by atoms with E-state index in [4.69, 9.17) is 4.74 Å². The number of para-hydroxylation sites is 2. The Morgan fingerprint density at radius 3 is 2.63 bits per heavy atom. The molecule has 1 N–H and O–H groups in total. The van der Waals surface area contributed by atoms with Crippen LogP contribution in [0.2, 0.25) is 0 Å². The van der Waals surface area contributed by atoms with Crippen LogP contribution in [-0.2, 0) is 0 Å². The molecule has 3 aromatic rings. The van der Waals surface area contributed by atoms with E-state index in [9.17, 15) is 13.6 Å². The van der Waals surface area contributed by atoms with Gasteiger partial charge in [-0.3, -0.25) is 9.36 Å². The molecule has 0 aliphatic carbocycles. The molecule has 1 unspecified atom stereocenters. The molecule has 1 amide bonds. The summed E-state index contributed by atoms with van der Waals surface area (Å²) < 4.78 is 33.3. The Hall–Kier alpha value is -3.22. The molecule has 0 bridgehead atoms. The Labute approximate surface area is 155 Å². The number of benzene rings is 2. The third kappa shape index (κ3) is 3.97. The Kier molecular flexibility index (Phi) is 5.49. The molecular weight excluding hydrogens is 352 g/mol. The second kappa shape index (κ2) is 7.99. The number of hydrogen-bond acceptors (Lipinski definition) is 3. The van der Waals surface area contributed by atoms with Crippen molar-refractivity contribution in [2.24, 2.45) is 0 Å². The van der Waals surface area contributed by atoms with Gasteiger partial charge in [0.25, 0.3) is 5.91 Å². The topological polar surface area (TPSA) is 56.1 Å². The summed E-state index contributed by atoms with van der Waals surface area (Å²) in [6.07, 6.45) is 1.62. The van der Waals surface area contributed by atoms with Gasteiger partial charge < -0.3 is 10.1 Å². The second-order valence-electron chi connectivity index (χ2n) is 5.93. The summed E-state index contributed by atoms with van der Waals surface area (Å²) in [5.41, 5.74) is 1.18. The van der Waals surface area contributed by atoms with Crippen molar-refractivity contribution in [2.45, 2.75) is 19.5 Å². The Morgan fingerprint density at radius 1 is 1.26 bits per heavy atom. The zero-order chi connectivity index (χ0) is 19.4. The fourth-order valence-electron chi connectivity index (χ4n) is 2.78. The fourth-order valence-corrected chi connectivity index (χ4v) is 2.78. The van der Waals surface area contributed by atoms with E-state index in [0.29, 0.717) is 29.0 Å². The maximum atomic E-state index is 13.5. The number of aromatic nitrogens is 2. The quantitative estimate of drug-likeness (QED) is 0.623. The van der Waals surface area contributed by atoms with Crippen molar-refractivity contribution in [1.82, 2.24) is 14.9 Å². The van der Waals surface area contributed by atoms with Crippen LogP contribution in [0.3, 0.4) is 0 Å². The first-order valence-corrected chi connectivity index (χ1v) is 8.41. The molecule has 0 fully saturated rings. The van der Waals surface area contributed by atoms with Crippen molar-refractivity contribution in [3.63, 3.8) is 0 Å². The summed E-state index contributed by atoms with van der Waals surface area (Å²) in [5.74, 6) is 0.329. The predicted molar refractivity (Wildman–Crippen MR) is 99.0 cm³/mol. The van der Waals surface area contributed by atoms with Crippen LogP contribution < -0.4 is 10.1 Å². The van der Waals surface area contributed by atoms with Crippen LogP contribution in [0.25, 0.3) is 11.0 Å². The van der Waals surface area contributed by atoms with E-state index >= 15 is 0 Å². The van der Waals surface area contributed by atoms with Gasteiger partial charge in [-0.2, -0.15) is 8.78 Å². The van der Waals surface area contributed by atoms with Gasteiger partial charge in [0.05, 0.1) is 17.1 Å². The Bertz CT molecular complexity index is 952. The molecule has 27 heavy (non-hydrogen) atoms. The van der Waals surface area contributed by atoms with Crippen molar-refractivity contribution in [3.8, 4) is 5.75 Å². The number of ether oxygens (including phenoxy) is 1. The molecule has 140 valence electrons. The van der Waals surface area contributed by atoms with Gasteiger partial charge in [-0.25, -0.2) is 4.98 Å². The fraction of sp³-hybridized carbons (Fsp3) is 0.200. The van der Waals surface area contributed by atoms with Crippen LogP contribution in [0.15, 0.2) is 61.2 Å². The number of imidazole rings is 1. The number of carbonyl (C=O) groups is 1. The number of alkyl halides is 2. The summed E-state index contributed by atoms with van der Waals surface area (Å²) in [4.78, 5) is 16.7. The number of halogens is 2. The van der Waals surface area contributed by atoms with Crippen molar-refractivity contribution >= 4 is 16.9 Å². The van der Waals surface area contributed by atoms with Crippen molar-refractivity contribution < 1.29 is 18.3 Å². The van der Waals surface area contributed by atoms with Crippen molar-refractivity contribution in [3.05, 3.63) is 72.6 Å². The average molecular weight is 371 g/mol. The third-order valence-electron chi connectivity index (χ3n) is 4.04. The number of fused-ring (bicyclic) bond motifs is 1. The van der Waals surface area contributed by atoms with E-state index in [1.807, 2.05) is 0 Å².